The normalized spacial score (nSPS) is 10.9. The topological polar surface area (TPSA) is 21.6 Å². The molecule has 0 N–H and O–H groups in total. The highest BCUT2D eigenvalue weighted by atomic mass is 16.5. The van der Waals surface area contributed by atoms with Gasteiger partial charge in [0.2, 0.25) is 0 Å². The van der Waals surface area contributed by atoms with Crippen molar-refractivity contribution in [2.24, 2.45) is 4.99 Å². The van der Waals surface area contributed by atoms with Crippen LogP contribution in [0.2, 0.25) is 0 Å². The molecule has 0 spiro atoms. The number of benzene rings is 2. The van der Waals surface area contributed by atoms with Crippen LogP contribution in [0.3, 0.4) is 0 Å². The van der Waals surface area contributed by atoms with Crippen LogP contribution in [0.4, 0.5) is 5.69 Å². The van der Waals surface area contributed by atoms with Crippen LogP contribution in [0, 0.1) is 13.8 Å². The molecule has 0 bridgehead atoms. The Labute approximate surface area is 121 Å². The molecule has 0 radical (unpaired) electrons. The van der Waals surface area contributed by atoms with Crippen molar-refractivity contribution in [3.63, 3.8) is 0 Å². The molecule has 0 heterocycles. The maximum Gasteiger partial charge on any atom is 0.128 e. The zero-order valence-electron chi connectivity index (χ0n) is 12.4. The minimum Gasteiger partial charge on any atom is -0.493 e. The van der Waals surface area contributed by atoms with Crippen LogP contribution in [0.5, 0.6) is 5.75 Å². The largest absolute Gasteiger partial charge is 0.493 e. The minimum atomic E-state index is 0.731. The molecule has 0 aliphatic carbocycles. The number of rotatable bonds is 5. The first kappa shape index (κ1) is 14.3. The standard InChI is InChI=1S/C18H21NO/c1-4-11-20-18-8-6-5-7-16(18)13-19-17-10-9-14(2)12-15(17)3/h5-10,12-13H,4,11H2,1-3H3. The molecular formula is C18H21NO. The van der Waals surface area contributed by atoms with Crippen molar-refractivity contribution in [3.8, 4) is 5.75 Å². The van der Waals surface area contributed by atoms with Gasteiger partial charge in [-0.3, -0.25) is 4.99 Å². The summed E-state index contributed by atoms with van der Waals surface area (Å²) >= 11 is 0. The lowest BCUT2D eigenvalue weighted by atomic mass is 10.1. The van der Waals surface area contributed by atoms with E-state index >= 15 is 0 Å². The highest BCUT2D eigenvalue weighted by Crippen LogP contribution is 2.21. The Kier molecular flexibility index (Phi) is 4.94. The fourth-order valence-corrected chi connectivity index (χ4v) is 2.02. The molecule has 2 nitrogen and oxygen atoms in total. The molecule has 0 unspecified atom stereocenters. The number of para-hydroxylation sites is 1. The average Bonchev–Trinajstić information content (AvgIpc) is 2.45. The molecule has 0 aliphatic heterocycles. The Morgan fingerprint density at radius 2 is 1.90 bits per heavy atom. The molecule has 2 heteroatoms. The molecule has 0 amide bonds. The third-order valence-electron chi connectivity index (χ3n) is 3.08. The van der Waals surface area contributed by atoms with Gasteiger partial charge < -0.3 is 4.74 Å². The molecule has 104 valence electrons. The van der Waals surface area contributed by atoms with Crippen LogP contribution in [0.1, 0.15) is 30.0 Å². The van der Waals surface area contributed by atoms with Gasteiger partial charge >= 0.3 is 0 Å². The second kappa shape index (κ2) is 6.90. The van der Waals surface area contributed by atoms with Gasteiger partial charge in [0.1, 0.15) is 5.75 Å². The number of hydrogen-bond donors (Lipinski definition) is 0. The fourth-order valence-electron chi connectivity index (χ4n) is 2.02. The van der Waals surface area contributed by atoms with E-state index in [9.17, 15) is 0 Å². The van der Waals surface area contributed by atoms with Gasteiger partial charge in [0, 0.05) is 11.8 Å². The van der Waals surface area contributed by atoms with Crippen molar-refractivity contribution in [1.29, 1.82) is 0 Å². The van der Waals surface area contributed by atoms with Crippen LogP contribution in [0.15, 0.2) is 47.5 Å². The summed E-state index contributed by atoms with van der Waals surface area (Å²) in [7, 11) is 0. The quantitative estimate of drug-likeness (QED) is 0.710. The number of aryl methyl sites for hydroxylation is 2. The van der Waals surface area contributed by atoms with E-state index in [1.165, 1.54) is 11.1 Å². The highest BCUT2D eigenvalue weighted by molar-refractivity contribution is 5.85. The summed E-state index contributed by atoms with van der Waals surface area (Å²) in [6.07, 6.45) is 2.88. The maximum absolute atomic E-state index is 5.73. The van der Waals surface area contributed by atoms with Crippen molar-refractivity contribution in [1.82, 2.24) is 0 Å². The third kappa shape index (κ3) is 3.70. The summed E-state index contributed by atoms with van der Waals surface area (Å²) < 4.78 is 5.73. The summed E-state index contributed by atoms with van der Waals surface area (Å²) in [5.41, 5.74) is 4.46. The first-order chi connectivity index (χ1) is 9.70. The number of nitrogens with zero attached hydrogens (tertiary/aromatic N) is 1. The van der Waals surface area contributed by atoms with Gasteiger partial charge in [-0.1, -0.05) is 36.8 Å². The van der Waals surface area contributed by atoms with E-state index in [4.69, 9.17) is 4.74 Å². The van der Waals surface area contributed by atoms with Crippen molar-refractivity contribution in [2.75, 3.05) is 6.61 Å². The van der Waals surface area contributed by atoms with Crippen LogP contribution >= 0.6 is 0 Å². The van der Waals surface area contributed by atoms with E-state index in [0.29, 0.717) is 0 Å². The van der Waals surface area contributed by atoms with E-state index in [1.54, 1.807) is 0 Å². The lowest BCUT2D eigenvalue weighted by Crippen LogP contribution is -1.98. The molecule has 2 aromatic rings. The summed E-state index contributed by atoms with van der Waals surface area (Å²) in [5, 5.41) is 0. The van der Waals surface area contributed by atoms with Gasteiger partial charge in [-0.2, -0.15) is 0 Å². The lowest BCUT2D eigenvalue weighted by Gasteiger charge is -2.07. The lowest BCUT2D eigenvalue weighted by molar-refractivity contribution is 0.317. The van der Waals surface area contributed by atoms with Gasteiger partial charge in [0.05, 0.1) is 12.3 Å². The van der Waals surface area contributed by atoms with Crippen LogP contribution in [0.25, 0.3) is 0 Å². The van der Waals surface area contributed by atoms with Crippen molar-refractivity contribution in [2.45, 2.75) is 27.2 Å². The molecule has 20 heavy (non-hydrogen) atoms. The van der Waals surface area contributed by atoms with E-state index in [-0.39, 0.29) is 0 Å². The predicted octanol–water partition coefficient (Wildman–Crippen LogP) is 4.84. The minimum absolute atomic E-state index is 0.731. The van der Waals surface area contributed by atoms with Gasteiger partial charge in [0.15, 0.2) is 0 Å². The zero-order valence-corrected chi connectivity index (χ0v) is 12.4. The first-order valence-electron chi connectivity index (χ1n) is 7.04. The second-order valence-electron chi connectivity index (χ2n) is 4.93. The van der Waals surface area contributed by atoms with Gasteiger partial charge in [-0.15, -0.1) is 0 Å². The Bertz CT molecular complexity index is 602. The Morgan fingerprint density at radius 3 is 2.65 bits per heavy atom. The molecule has 0 saturated heterocycles. The SMILES string of the molecule is CCCOc1ccccc1C=Nc1ccc(C)cc1C. The maximum atomic E-state index is 5.73. The molecule has 2 rings (SSSR count). The molecule has 2 aromatic carbocycles. The molecule has 0 fully saturated rings. The van der Waals surface area contributed by atoms with E-state index in [0.717, 1.165) is 30.0 Å². The van der Waals surface area contributed by atoms with E-state index < -0.39 is 0 Å². The monoisotopic (exact) mass is 267 g/mol. The molecule has 0 atom stereocenters. The Balaban J connectivity index is 2.22. The van der Waals surface area contributed by atoms with Crippen molar-refractivity contribution in [3.05, 3.63) is 59.2 Å². The van der Waals surface area contributed by atoms with Crippen molar-refractivity contribution >= 4 is 11.9 Å². The van der Waals surface area contributed by atoms with Gasteiger partial charge in [-0.05, 0) is 44.0 Å². The second-order valence-corrected chi connectivity index (χ2v) is 4.93. The summed E-state index contributed by atoms with van der Waals surface area (Å²) in [6.45, 7) is 7.01. The van der Waals surface area contributed by atoms with E-state index in [2.05, 4.69) is 44.0 Å². The zero-order chi connectivity index (χ0) is 14.4. The number of hydrogen-bond acceptors (Lipinski definition) is 2. The summed E-state index contributed by atoms with van der Waals surface area (Å²) in [6, 6.07) is 14.3. The van der Waals surface area contributed by atoms with Gasteiger partial charge in [-0.25, -0.2) is 0 Å². The molecule has 0 aromatic heterocycles. The summed E-state index contributed by atoms with van der Waals surface area (Å²) in [5.74, 6) is 0.892. The average molecular weight is 267 g/mol. The van der Waals surface area contributed by atoms with Crippen LogP contribution < -0.4 is 4.74 Å². The van der Waals surface area contributed by atoms with Gasteiger partial charge in [0.25, 0.3) is 0 Å². The van der Waals surface area contributed by atoms with Crippen LogP contribution in [-0.2, 0) is 0 Å². The van der Waals surface area contributed by atoms with Crippen molar-refractivity contribution < 1.29 is 4.74 Å². The highest BCUT2D eigenvalue weighted by Gasteiger charge is 2.00. The van der Waals surface area contributed by atoms with Crippen LogP contribution in [-0.4, -0.2) is 12.8 Å². The molecule has 0 saturated carbocycles. The Hall–Kier alpha value is -2.09. The first-order valence-corrected chi connectivity index (χ1v) is 7.04. The van der Waals surface area contributed by atoms with E-state index in [1.807, 2.05) is 30.5 Å². The predicted molar refractivity (Wildman–Crippen MR) is 85.4 cm³/mol. The number of aliphatic imine (C=N–C) groups is 1. The summed E-state index contributed by atoms with van der Waals surface area (Å²) in [4.78, 5) is 4.58. The third-order valence-corrected chi connectivity index (χ3v) is 3.08. The molecular weight excluding hydrogens is 246 g/mol. The Morgan fingerprint density at radius 1 is 1.10 bits per heavy atom. The fraction of sp³-hybridized carbons (Fsp3) is 0.278. The molecule has 0 aliphatic rings. The smallest absolute Gasteiger partial charge is 0.128 e. The number of ether oxygens (including phenoxy) is 1.